The Morgan fingerprint density at radius 1 is 0.824 bits per heavy atom. The third-order valence-corrected chi connectivity index (χ3v) is 1.68. The molecule has 0 saturated heterocycles. The molecule has 0 N–H and O–H groups in total. The fourth-order valence-corrected chi connectivity index (χ4v) is 0.526. The van der Waals surface area contributed by atoms with Crippen molar-refractivity contribution in [1.82, 2.24) is 0 Å². The molecule has 0 unspecified atom stereocenters. The highest BCUT2D eigenvalue weighted by molar-refractivity contribution is 5.90. The van der Waals surface area contributed by atoms with Gasteiger partial charge < -0.3 is 39.6 Å². The molecule has 0 heterocycles. The van der Waals surface area contributed by atoms with Gasteiger partial charge in [0.15, 0.2) is 0 Å². The summed E-state index contributed by atoms with van der Waals surface area (Å²) in [7, 11) is 0. The van der Waals surface area contributed by atoms with Crippen LogP contribution in [0.15, 0.2) is 0 Å². The van der Waals surface area contributed by atoms with Crippen molar-refractivity contribution in [3.8, 4) is 0 Å². The van der Waals surface area contributed by atoms with Gasteiger partial charge in [0.1, 0.15) is 0 Å². The zero-order valence-electron chi connectivity index (χ0n) is 9.13. The fraction of sp³-hybridized carbons (Fsp3) is 0.556. The van der Waals surface area contributed by atoms with Crippen molar-refractivity contribution in [2.75, 3.05) is 0 Å². The zero-order chi connectivity index (χ0) is 14.2. The maximum atomic E-state index is 9.84. The van der Waals surface area contributed by atoms with Crippen LogP contribution < -0.4 is 20.4 Å². The Bertz CT molecular complexity index is 280. The van der Waals surface area contributed by atoms with Crippen LogP contribution in [-0.4, -0.2) is 23.9 Å². The molecular weight excluding hydrogens is 236 g/mol. The summed E-state index contributed by atoms with van der Waals surface area (Å²) in [4.78, 5) is 38.9. The lowest BCUT2D eigenvalue weighted by Crippen LogP contribution is -2.42. The molecule has 0 saturated carbocycles. The number of carbonyl (C=O) groups excluding carboxylic acids is 4. The van der Waals surface area contributed by atoms with Crippen molar-refractivity contribution in [3.05, 3.63) is 0 Å². The molecule has 17 heavy (non-hydrogen) atoms. The highest BCUT2D eigenvalue weighted by Crippen LogP contribution is 1.97. The molecule has 0 aromatic rings. The van der Waals surface area contributed by atoms with Crippen LogP contribution >= 0.6 is 0 Å². The molecule has 0 aliphatic heterocycles. The number of carboxylic acid groups (broad SMARTS) is 4. The molecule has 0 amide bonds. The van der Waals surface area contributed by atoms with Crippen molar-refractivity contribution in [1.29, 1.82) is 0 Å². The van der Waals surface area contributed by atoms with Gasteiger partial charge in [0.05, 0.1) is 11.9 Å². The highest BCUT2D eigenvalue weighted by atomic mass is 16.4. The van der Waals surface area contributed by atoms with Gasteiger partial charge in [0.2, 0.25) is 0 Å². The average Bonchev–Trinajstić information content (AvgIpc) is 2.16. The molecule has 0 fully saturated rings. The lowest BCUT2D eigenvalue weighted by molar-refractivity contribution is -0.333. The third-order valence-electron chi connectivity index (χ3n) is 1.68. The van der Waals surface area contributed by atoms with Crippen LogP contribution in [-0.2, 0) is 19.2 Å². The zero-order valence-corrected chi connectivity index (χ0v) is 9.13. The van der Waals surface area contributed by atoms with Gasteiger partial charge in [-0.25, -0.2) is 0 Å². The Balaban J connectivity index is 0. The highest BCUT2D eigenvalue weighted by Gasteiger charge is 2.06. The maximum absolute atomic E-state index is 9.84. The summed E-state index contributed by atoms with van der Waals surface area (Å²) in [6, 6.07) is 0. The quantitative estimate of drug-likeness (QED) is 0.434. The predicted octanol–water partition coefficient (Wildman–Crippen LogP) is -5.37. The van der Waals surface area contributed by atoms with E-state index in [0.717, 1.165) is 6.92 Å². The van der Waals surface area contributed by atoms with Gasteiger partial charge in [-0.15, -0.1) is 0 Å². The first-order valence-corrected chi connectivity index (χ1v) is 4.48. The largest absolute Gasteiger partial charge is 0.549 e. The van der Waals surface area contributed by atoms with Crippen molar-refractivity contribution >= 4 is 23.9 Å². The summed E-state index contributed by atoms with van der Waals surface area (Å²) in [5.41, 5.74) is 0. The molecule has 0 bridgehead atoms. The first kappa shape index (κ1) is 17.3. The Morgan fingerprint density at radius 2 is 1.12 bits per heavy atom. The SMILES string of the molecule is CC(C(=O)[O-])C(=O)[O-].CCC(C(=O)[O-])C(=O)[O-]. The van der Waals surface area contributed by atoms with Gasteiger partial charge >= 0.3 is 0 Å². The predicted molar refractivity (Wildman–Crippen MR) is 43.0 cm³/mol. The van der Waals surface area contributed by atoms with Crippen LogP contribution in [0.25, 0.3) is 0 Å². The van der Waals surface area contributed by atoms with E-state index in [1.165, 1.54) is 6.92 Å². The van der Waals surface area contributed by atoms with E-state index in [-0.39, 0.29) is 6.42 Å². The summed E-state index contributed by atoms with van der Waals surface area (Å²) < 4.78 is 0. The third kappa shape index (κ3) is 7.77. The summed E-state index contributed by atoms with van der Waals surface area (Å²) in [5.74, 6) is -9.40. The van der Waals surface area contributed by atoms with Crippen molar-refractivity contribution in [3.63, 3.8) is 0 Å². The Kier molecular flexibility index (Phi) is 8.21. The summed E-state index contributed by atoms with van der Waals surface area (Å²) in [6.45, 7) is 2.43. The molecule has 0 rings (SSSR count). The van der Waals surface area contributed by atoms with Gasteiger partial charge in [-0.1, -0.05) is 13.8 Å². The normalized spacial score (nSPS) is 9.41. The van der Waals surface area contributed by atoms with Crippen LogP contribution in [0.4, 0.5) is 0 Å². The van der Waals surface area contributed by atoms with Crippen molar-refractivity contribution in [2.24, 2.45) is 11.8 Å². The maximum Gasteiger partial charge on any atom is 0.0501 e. The minimum absolute atomic E-state index is 0.00463. The molecule has 8 heteroatoms. The van der Waals surface area contributed by atoms with E-state index >= 15 is 0 Å². The molecule has 0 aliphatic carbocycles. The first-order valence-electron chi connectivity index (χ1n) is 4.48. The number of carbonyl (C=O) groups is 4. The molecule has 98 valence electrons. The number of hydrogen-bond acceptors (Lipinski definition) is 8. The smallest absolute Gasteiger partial charge is 0.0501 e. The molecule has 0 aromatic carbocycles. The molecule has 0 aliphatic rings. The summed E-state index contributed by atoms with van der Waals surface area (Å²) >= 11 is 0. The van der Waals surface area contributed by atoms with Crippen LogP contribution in [0.2, 0.25) is 0 Å². The van der Waals surface area contributed by atoms with Crippen molar-refractivity contribution in [2.45, 2.75) is 20.3 Å². The van der Waals surface area contributed by atoms with Gasteiger partial charge in [-0.2, -0.15) is 0 Å². The van der Waals surface area contributed by atoms with Crippen LogP contribution in [0.3, 0.4) is 0 Å². The number of aliphatic carboxylic acids is 4. The van der Waals surface area contributed by atoms with Crippen LogP contribution in [0.5, 0.6) is 0 Å². The monoisotopic (exact) mass is 246 g/mol. The average molecular weight is 246 g/mol. The van der Waals surface area contributed by atoms with E-state index < -0.39 is 35.7 Å². The van der Waals surface area contributed by atoms with E-state index in [0.29, 0.717) is 0 Å². The molecule has 0 aromatic heterocycles. The first-order chi connectivity index (χ1) is 7.64. The lowest BCUT2D eigenvalue weighted by atomic mass is 10.1. The van der Waals surface area contributed by atoms with Crippen LogP contribution in [0.1, 0.15) is 20.3 Å². The van der Waals surface area contributed by atoms with E-state index in [1.807, 2.05) is 0 Å². The Hall–Kier alpha value is -2.12. The standard InChI is InChI=1S/C5H8O4.C4H6O4/c1-2-3(4(6)7)5(8)9;1-2(3(5)6)4(7)8/h3H,2H2,1H3,(H,6,7)(H,8,9);2H,1H3,(H,5,6)(H,7,8)/p-4. The summed E-state index contributed by atoms with van der Waals surface area (Å²) in [5, 5.41) is 38.9. The van der Waals surface area contributed by atoms with E-state index in [1.54, 1.807) is 0 Å². The minimum atomic E-state index is -1.62. The molecule has 0 radical (unpaired) electrons. The summed E-state index contributed by atoms with van der Waals surface area (Å²) in [6.07, 6.45) is 0.00463. The second kappa shape index (κ2) is 8.08. The van der Waals surface area contributed by atoms with Crippen molar-refractivity contribution < 1.29 is 39.6 Å². The molecular formula is C9H10O8-4. The Morgan fingerprint density at radius 3 is 1.12 bits per heavy atom. The van der Waals surface area contributed by atoms with Crippen LogP contribution in [0, 0.1) is 11.8 Å². The van der Waals surface area contributed by atoms with Gasteiger partial charge in [-0.3, -0.25) is 0 Å². The lowest BCUT2D eigenvalue weighted by Gasteiger charge is -2.15. The van der Waals surface area contributed by atoms with Gasteiger partial charge in [0, 0.05) is 23.8 Å². The molecule has 0 atom stereocenters. The second-order valence-electron chi connectivity index (χ2n) is 2.96. The Labute approximate surface area is 96.5 Å². The minimum Gasteiger partial charge on any atom is -0.549 e. The van der Waals surface area contributed by atoms with E-state index in [9.17, 15) is 39.6 Å². The van der Waals surface area contributed by atoms with E-state index in [2.05, 4.69) is 0 Å². The molecule has 0 spiro atoms. The second-order valence-corrected chi connectivity index (χ2v) is 2.96. The van der Waals surface area contributed by atoms with Gasteiger partial charge in [0.25, 0.3) is 0 Å². The topological polar surface area (TPSA) is 161 Å². The fourth-order valence-electron chi connectivity index (χ4n) is 0.526. The van der Waals surface area contributed by atoms with E-state index in [4.69, 9.17) is 0 Å². The number of hydrogen-bond donors (Lipinski definition) is 0. The number of carboxylic acids is 4. The molecule has 8 nitrogen and oxygen atoms in total. The number of rotatable bonds is 5. The van der Waals surface area contributed by atoms with Gasteiger partial charge in [-0.05, 0) is 6.42 Å².